The number of carbonyl (C=O) groups is 1. The Hall–Kier alpha value is -3.27. The van der Waals surface area contributed by atoms with E-state index >= 15 is 0 Å². The van der Waals surface area contributed by atoms with Gasteiger partial charge in [-0.25, -0.2) is 8.60 Å². The summed E-state index contributed by atoms with van der Waals surface area (Å²) in [6.07, 6.45) is 5.39. The van der Waals surface area contributed by atoms with Gasteiger partial charge in [0, 0.05) is 29.9 Å². The van der Waals surface area contributed by atoms with Gasteiger partial charge >= 0.3 is 0 Å². The summed E-state index contributed by atoms with van der Waals surface area (Å²) in [6.45, 7) is 0. The van der Waals surface area contributed by atoms with Crippen LogP contribution in [0.1, 0.15) is 27.0 Å². The fraction of sp³-hybridized carbons (Fsp3) is 0.0435. The highest BCUT2D eigenvalue weighted by Crippen LogP contribution is 2.30. The fourth-order valence-corrected chi connectivity index (χ4v) is 4.02. The Balaban J connectivity index is 1.62. The van der Waals surface area contributed by atoms with Crippen LogP contribution in [0, 0.1) is 17.7 Å². The van der Waals surface area contributed by atoms with Crippen LogP contribution in [0.15, 0.2) is 65.8 Å². The number of hydrogen-bond acceptors (Lipinski definition) is 3. The topological polar surface area (TPSA) is 59.1 Å². The molecule has 0 spiro atoms. The predicted octanol–water partition coefficient (Wildman–Crippen LogP) is 4.78. The van der Waals surface area contributed by atoms with Gasteiger partial charge in [0.1, 0.15) is 10.7 Å². The van der Waals surface area contributed by atoms with Crippen LogP contribution < -0.4 is 4.72 Å². The Morgan fingerprint density at radius 3 is 2.83 bits per heavy atom. The van der Waals surface area contributed by atoms with Crippen molar-refractivity contribution in [1.82, 2.24) is 4.98 Å². The lowest BCUT2D eigenvalue weighted by atomic mass is 10.0. The third-order valence-corrected chi connectivity index (χ3v) is 5.79. The van der Waals surface area contributed by atoms with Crippen molar-refractivity contribution in [2.24, 2.45) is 0 Å². The van der Waals surface area contributed by atoms with Crippen LogP contribution >= 0.6 is 11.6 Å². The van der Waals surface area contributed by atoms with Crippen LogP contribution in [-0.4, -0.2) is 15.0 Å². The van der Waals surface area contributed by atoms with Gasteiger partial charge < -0.3 is 4.72 Å². The summed E-state index contributed by atoms with van der Waals surface area (Å²) in [5.74, 6) is 5.09. The van der Waals surface area contributed by atoms with E-state index in [0.717, 1.165) is 5.56 Å². The highest BCUT2D eigenvalue weighted by Gasteiger charge is 2.27. The standard InChI is InChI=1S/C23H14ClFN2O2S/c24-19-8-6-17(12-20(19)25)13-22-23(28)18-11-15(7-9-21(18)27-30(22)29)3-1-4-16-5-2-10-26-14-16/h2,5-14,27H,4H2/b22-13+. The fourth-order valence-electron chi connectivity index (χ4n) is 2.89. The molecular formula is C23H14ClFN2O2S. The minimum Gasteiger partial charge on any atom is -0.300 e. The zero-order valence-electron chi connectivity index (χ0n) is 15.5. The number of rotatable bonds is 2. The average molecular weight is 437 g/mol. The van der Waals surface area contributed by atoms with Crippen LogP contribution in [0.4, 0.5) is 10.1 Å². The van der Waals surface area contributed by atoms with E-state index in [0.29, 0.717) is 28.8 Å². The first-order valence-corrected chi connectivity index (χ1v) is 10.5. The van der Waals surface area contributed by atoms with Gasteiger partial charge in [0.25, 0.3) is 0 Å². The van der Waals surface area contributed by atoms with E-state index < -0.39 is 22.6 Å². The molecule has 4 nitrogen and oxygen atoms in total. The molecule has 30 heavy (non-hydrogen) atoms. The molecule has 1 aromatic heterocycles. The Morgan fingerprint density at radius 1 is 1.20 bits per heavy atom. The molecule has 1 N–H and O–H groups in total. The molecular weight excluding hydrogens is 423 g/mol. The minimum absolute atomic E-state index is 0.0220. The lowest BCUT2D eigenvalue weighted by Gasteiger charge is -2.19. The molecule has 0 saturated carbocycles. The number of halogens is 2. The molecule has 3 aromatic rings. The van der Waals surface area contributed by atoms with Crippen LogP contribution in [0.25, 0.3) is 6.08 Å². The highest BCUT2D eigenvalue weighted by atomic mass is 35.5. The maximum absolute atomic E-state index is 13.7. The molecule has 1 unspecified atom stereocenters. The van der Waals surface area contributed by atoms with Crippen molar-refractivity contribution in [3.8, 4) is 11.8 Å². The van der Waals surface area contributed by atoms with Gasteiger partial charge in [-0.15, -0.1) is 0 Å². The number of Topliss-reactive ketones (excluding diaryl/α,β-unsaturated/α-hetero) is 1. The predicted molar refractivity (Wildman–Crippen MR) is 117 cm³/mol. The van der Waals surface area contributed by atoms with E-state index in [1.807, 2.05) is 12.1 Å². The smallest absolute Gasteiger partial charge is 0.205 e. The summed E-state index contributed by atoms with van der Waals surface area (Å²) < 4.78 is 29.0. The lowest BCUT2D eigenvalue weighted by molar-refractivity contribution is 0.104. The highest BCUT2D eigenvalue weighted by molar-refractivity contribution is 7.91. The van der Waals surface area contributed by atoms with Gasteiger partial charge in [0.2, 0.25) is 5.78 Å². The van der Waals surface area contributed by atoms with Crippen molar-refractivity contribution in [2.45, 2.75) is 6.42 Å². The van der Waals surface area contributed by atoms with E-state index in [1.54, 1.807) is 36.7 Å². The van der Waals surface area contributed by atoms with Gasteiger partial charge in [0.15, 0.2) is 11.0 Å². The molecule has 0 bridgehead atoms. The number of pyridine rings is 1. The number of hydrogen-bond donors (Lipinski definition) is 1. The zero-order chi connectivity index (χ0) is 21.1. The zero-order valence-corrected chi connectivity index (χ0v) is 17.1. The maximum atomic E-state index is 13.7. The number of benzene rings is 2. The van der Waals surface area contributed by atoms with Crippen molar-refractivity contribution in [3.05, 3.63) is 98.9 Å². The van der Waals surface area contributed by atoms with Crippen LogP contribution in [0.2, 0.25) is 5.02 Å². The summed E-state index contributed by atoms with van der Waals surface area (Å²) in [6, 6.07) is 13.0. The molecule has 1 aliphatic heterocycles. The SMILES string of the molecule is O=C1/C(=C\c2ccc(Cl)c(F)c2)S(=O)Nc2ccc(C#CCc3cccnc3)cc21. The van der Waals surface area contributed by atoms with E-state index in [-0.39, 0.29) is 9.93 Å². The molecule has 0 radical (unpaired) electrons. The van der Waals surface area contributed by atoms with Crippen molar-refractivity contribution < 1.29 is 13.4 Å². The number of carbonyl (C=O) groups excluding carboxylic acids is 1. The molecule has 7 heteroatoms. The van der Waals surface area contributed by atoms with E-state index in [4.69, 9.17) is 11.6 Å². The number of nitrogens with zero attached hydrogens (tertiary/aromatic N) is 1. The first-order chi connectivity index (χ1) is 14.5. The van der Waals surface area contributed by atoms with Gasteiger partial charge in [-0.1, -0.05) is 35.6 Å². The second-order valence-electron chi connectivity index (χ2n) is 6.48. The van der Waals surface area contributed by atoms with Gasteiger partial charge in [-0.05, 0) is 53.6 Å². The van der Waals surface area contributed by atoms with Gasteiger partial charge in [-0.2, -0.15) is 0 Å². The molecule has 1 aliphatic rings. The normalized spacial score (nSPS) is 16.4. The molecule has 2 heterocycles. The van der Waals surface area contributed by atoms with Crippen LogP contribution in [0.5, 0.6) is 0 Å². The molecule has 0 amide bonds. The van der Waals surface area contributed by atoms with Gasteiger partial charge in [0.05, 0.1) is 10.7 Å². The molecule has 148 valence electrons. The molecule has 2 aromatic carbocycles. The lowest BCUT2D eigenvalue weighted by Crippen LogP contribution is -2.22. The van der Waals surface area contributed by atoms with Gasteiger partial charge in [-0.3, -0.25) is 9.78 Å². The number of aromatic nitrogens is 1. The largest absolute Gasteiger partial charge is 0.300 e. The second kappa shape index (κ2) is 8.62. The Kier molecular flexibility index (Phi) is 5.75. The Labute approximate surface area is 180 Å². The third-order valence-electron chi connectivity index (χ3n) is 4.38. The van der Waals surface area contributed by atoms with Crippen molar-refractivity contribution >= 4 is 40.1 Å². The van der Waals surface area contributed by atoms with E-state index in [1.165, 1.54) is 18.2 Å². The summed E-state index contributed by atoms with van der Waals surface area (Å²) in [4.78, 5) is 17.0. The minimum atomic E-state index is -1.76. The summed E-state index contributed by atoms with van der Waals surface area (Å²) in [7, 11) is -1.76. The average Bonchev–Trinajstić information content (AvgIpc) is 2.75. The number of anilines is 1. The maximum Gasteiger partial charge on any atom is 0.205 e. The molecule has 0 fully saturated rings. The van der Waals surface area contributed by atoms with Crippen molar-refractivity contribution in [3.63, 3.8) is 0 Å². The van der Waals surface area contributed by atoms with E-state index in [2.05, 4.69) is 21.5 Å². The number of allylic oxidation sites excluding steroid dienone is 1. The molecule has 0 aliphatic carbocycles. The first-order valence-electron chi connectivity index (χ1n) is 8.93. The Bertz CT molecular complexity index is 1260. The molecule has 0 saturated heterocycles. The van der Waals surface area contributed by atoms with Crippen LogP contribution in [-0.2, 0) is 17.4 Å². The number of fused-ring (bicyclic) bond motifs is 1. The van der Waals surface area contributed by atoms with Crippen LogP contribution in [0.3, 0.4) is 0 Å². The second-order valence-corrected chi connectivity index (χ2v) is 8.07. The number of ketones is 1. The molecule has 1 atom stereocenters. The quantitative estimate of drug-likeness (QED) is 0.464. The first kappa shape index (κ1) is 20.0. The van der Waals surface area contributed by atoms with Crippen molar-refractivity contribution in [2.75, 3.05) is 4.72 Å². The Morgan fingerprint density at radius 2 is 2.07 bits per heavy atom. The van der Waals surface area contributed by atoms with E-state index in [9.17, 15) is 13.4 Å². The summed E-state index contributed by atoms with van der Waals surface area (Å²) in [5, 5.41) is -0.0220. The summed E-state index contributed by atoms with van der Waals surface area (Å²) >= 11 is 5.69. The summed E-state index contributed by atoms with van der Waals surface area (Å²) in [5.41, 5.74) is 2.89. The number of nitrogens with one attached hydrogen (secondary N) is 1. The van der Waals surface area contributed by atoms with Crippen molar-refractivity contribution in [1.29, 1.82) is 0 Å². The monoisotopic (exact) mass is 436 g/mol. The third kappa shape index (κ3) is 4.33. The molecule has 4 rings (SSSR count).